The van der Waals surface area contributed by atoms with E-state index >= 15 is 4.39 Å². The second kappa shape index (κ2) is 10.6. The van der Waals surface area contributed by atoms with Crippen LogP contribution < -0.4 is 0 Å². The number of likely N-dealkylation sites (tertiary alicyclic amines) is 1. The van der Waals surface area contributed by atoms with Crippen LogP contribution >= 0.6 is 0 Å². The summed E-state index contributed by atoms with van der Waals surface area (Å²) in [5, 5.41) is 8.88. The van der Waals surface area contributed by atoms with Gasteiger partial charge in [-0.3, -0.25) is 9.47 Å². The number of hydrogen-bond acceptors (Lipinski definition) is 4. The highest BCUT2D eigenvalue weighted by molar-refractivity contribution is 5.85. The van der Waals surface area contributed by atoms with Gasteiger partial charge in [0.25, 0.3) is 0 Å². The van der Waals surface area contributed by atoms with Crippen LogP contribution in [0.1, 0.15) is 29.5 Å². The van der Waals surface area contributed by atoms with Gasteiger partial charge in [0, 0.05) is 41.9 Å². The maximum Gasteiger partial charge on any atom is 0.416 e. The van der Waals surface area contributed by atoms with Crippen molar-refractivity contribution in [2.75, 3.05) is 26.7 Å². The van der Waals surface area contributed by atoms with Crippen LogP contribution in [0.15, 0.2) is 61.3 Å². The number of rotatable bonds is 8. The number of H-pyrrole nitrogens is 1. The zero-order valence-corrected chi connectivity index (χ0v) is 20.6. The second-order valence-corrected chi connectivity index (χ2v) is 9.76. The Morgan fingerprint density at radius 3 is 2.62 bits per heavy atom. The van der Waals surface area contributed by atoms with E-state index in [1.165, 1.54) is 17.7 Å². The van der Waals surface area contributed by atoms with Gasteiger partial charge in [-0.15, -0.1) is 10.2 Å². The molecule has 1 N–H and O–H groups in total. The maximum atomic E-state index is 15.2. The Balaban J connectivity index is 1.15. The fraction of sp³-hybridized carbons (Fsp3) is 0.407. The number of hydrogen-bond donors (Lipinski definition) is 1. The largest absolute Gasteiger partial charge is 0.416 e. The van der Waals surface area contributed by atoms with Crippen LogP contribution in [0.5, 0.6) is 0 Å². The van der Waals surface area contributed by atoms with Crippen molar-refractivity contribution in [3.05, 3.63) is 78.0 Å². The third-order valence-corrected chi connectivity index (χ3v) is 7.29. The van der Waals surface area contributed by atoms with Crippen molar-refractivity contribution in [1.29, 1.82) is 0 Å². The molecule has 1 fully saturated rings. The molecular weight excluding hydrogens is 484 g/mol. The lowest BCUT2D eigenvalue weighted by atomic mass is 9.99. The lowest BCUT2D eigenvalue weighted by molar-refractivity contribution is -0.138. The molecule has 0 saturated carbocycles. The van der Waals surface area contributed by atoms with Crippen LogP contribution in [0.2, 0.25) is 0 Å². The van der Waals surface area contributed by atoms with E-state index < -0.39 is 24.0 Å². The number of aromatic amines is 1. The van der Waals surface area contributed by atoms with Gasteiger partial charge < -0.3 is 9.88 Å². The van der Waals surface area contributed by atoms with Crippen molar-refractivity contribution >= 4 is 10.9 Å². The lowest BCUT2D eigenvalue weighted by Gasteiger charge is -2.39. The van der Waals surface area contributed by atoms with Gasteiger partial charge in [0.15, 0.2) is 0 Å². The van der Waals surface area contributed by atoms with E-state index in [0.29, 0.717) is 13.0 Å². The fourth-order valence-corrected chi connectivity index (χ4v) is 5.34. The monoisotopic (exact) mass is 514 g/mol. The molecule has 0 spiro atoms. The number of aryl methyl sites for hydroxylation is 1. The highest BCUT2D eigenvalue weighted by Gasteiger charge is 2.35. The van der Waals surface area contributed by atoms with E-state index in [1.807, 2.05) is 22.9 Å². The molecule has 6 nitrogen and oxygen atoms in total. The average molecular weight is 515 g/mol. The Hall–Kier alpha value is -3.24. The van der Waals surface area contributed by atoms with Crippen molar-refractivity contribution in [3.8, 4) is 5.69 Å². The van der Waals surface area contributed by atoms with E-state index in [4.69, 9.17) is 0 Å². The Labute approximate surface area is 212 Å². The summed E-state index contributed by atoms with van der Waals surface area (Å²) in [6.07, 6.45) is 2.15. The number of piperidine rings is 1. The minimum Gasteiger partial charge on any atom is -0.361 e. The summed E-state index contributed by atoms with van der Waals surface area (Å²) < 4.78 is 57.1. The quantitative estimate of drug-likeness (QED) is 0.327. The molecule has 0 aliphatic carbocycles. The maximum absolute atomic E-state index is 15.2. The third kappa shape index (κ3) is 5.70. The standard InChI is InChI=1S/C27H30F4N6/c1-35(15-20-5-2-3-7-23(20)27(29,30)31)26-10-12-36(16-24(26)28)11-4-6-19-14-32-25-9-8-21(13-22(19)25)37-17-33-34-18-37/h2-3,5,7-9,13-14,17-18,24,26,32H,4,6,10-12,15-16H2,1H3/t24-,26+/m0/s1. The van der Waals surface area contributed by atoms with Gasteiger partial charge in [-0.1, -0.05) is 18.2 Å². The molecule has 37 heavy (non-hydrogen) atoms. The van der Waals surface area contributed by atoms with Crippen LogP contribution in [0, 0.1) is 0 Å². The van der Waals surface area contributed by atoms with Gasteiger partial charge in [0.2, 0.25) is 0 Å². The lowest BCUT2D eigenvalue weighted by Crippen LogP contribution is -2.51. The number of nitrogens with zero attached hydrogens (tertiary/aromatic N) is 5. The first-order valence-corrected chi connectivity index (χ1v) is 12.5. The molecular formula is C27H30F4N6. The van der Waals surface area contributed by atoms with Crippen molar-refractivity contribution in [2.45, 2.75) is 44.2 Å². The van der Waals surface area contributed by atoms with Crippen LogP contribution in [-0.2, 0) is 19.1 Å². The van der Waals surface area contributed by atoms with Crippen LogP contribution in [-0.4, -0.2) is 68.4 Å². The predicted octanol–water partition coefficient (Wildman–Crippen LogP) is 5.24. The summed E-state index contributed by atoms with van der Waals surface area (Å²) in [7, 11) is 1.71. The molecule has 1 saturated heterocycles. The molecule has 0 bridgehead atoms. The zero-order valence-electron chi connectivity index (χ0n) is 20.6. The third-order valence-electron chi connectivity index (χ3n) is 7.29. The molecule has 5 rings (SSSR count). The van der Waals surface area contributed by atoms with Crippen LogP contribution in [0.4, 0.5) is 17.6 Å². The van der Waals surface area contributed by atoms with Gasteiger partial charge in [0.05, 0.1) is 5.56 Å². The van der Waals surface area contributed by atoms with Crippen LogP contribution in [0.3, 0.4) is 0 Å². The Bertz CT molecular complexity index is 1320. The van der Waals surface area contributed by atoms with E-state index in [9.17, 15) is 13.2 Å². The molecule has 1 aliphatic rings. The van der Waals surface area contributed by atoms with E-state index in [1.54, 1.807) is 30.7 Å². The summed E-state index contributed by atoms with van der Waals surface area (Å²) in [4.78, 5) is 7.17. The summed E-state index contributed by atoms with van der Waals surface area (Å²) in [5.74, 6) is 0. The minimum atomic E-state index is -4.42. The van der Waals surface area contributed by atoms with Crippen molar-refractivity contribution in [3.63, 3.8) is 0 Å². The molecule has 2 atom stereocenters. The Kier molecular flexibility index (Phi) is 7.30. The molecule has 0 amide bonds. The first-order valence-electron chi connectivity index (χ1n) is 12.5. The number of alkyl halides is 4. The average Bonchev–Trinajstić information content (AvgIpc) is 3.54. The minimum absolute atomic E-state index is 0.0679. The van der Waals surface area contributed by atoms with E-state index in [-0.39, 0.29) is 12.1 Å². The van der Waals surface area contributed by atoms with Gasteiger partial charge in [0.1, 0.15) is 18.8 Å². The van der Waals surface area contributed by atoms with Crippen LogP contribution in [0.25, 0.3) is 16.6 Å². The van der Waals surface area contributed by atoms with Crippen molar-refractivity contribution < 1.29 is 17.6 Å². The fourth-order valence-electron chi connectivity index (χ4n) is 5.34. The number of halogens is 4. The number of benzene rings is 2. The molecule has 0 unspecified atom stereocenters. The number of fused-ring (bicyclic) bond motifs is 1. The Morgan fingerprint density at radius 2 is 1.86 bits per heavy atom. The predicted molar refractivity (Wildman–Crippen MR) is 134 cm³/mol. The summed E-state index contributed by atoms with van der Waals surface area (Å²) in [5.41, 5.74) is 2.79. The summed E-state index contributed by atoms with van der Waals surface area (Å²) >= 11 is 0. The van der Waals surface area contributed by atoms with Gasteiger partial charge in [-0.05, 0) is 74.8 Å². The molecule has 2 aromatic carbocycles. The topological polar surface area (TPSA) is 53.0 Å². The Morgan fingerprint density at radius 1 is 1.08 bits per heavy atom. The van der Waals surface area contributed by atoms with E-state index in [0.717, 1.165) is 48.6 Å². The molecule has 196 valence electrons. The summed E-state index contributed by atoms with van der Waals surface area (Å²) in [6.45, 7) is 1.85. The zero-order chi connectivity index (χ0) is 26.0. The van der Waals surface area contributed by atoms with Gasteiger partial charge in [-0.25, -0.2) is 4.39 Å². The van der Waals surface area contributed by atoms with Gasteiger partial charge in [-0.2, -0.15) is 13.2 Å². The molecule has 1 aliphatic heterocycles. The van der Waals surface area contributed by atoms with Gasteiger partial charge >= 0.3 is 6.18 Å². The molecule has 10 heteroatoms. The SMILES string of the molecule is CN(Cc1ccccc1C(F)(F)F)[C@@H]1CCN(CCCc2c[nH]c3ccc(-n4cnnc4)cc23)C[C@@H]1F. The van der Waals surface area contributed by atoms with Crippen molar-refractivity contribution in [2.24, 2.45) is 0 Å². The highest BCUT2D eigenvalue weighted by Crippen LogP contribution is 2.33. The number of aromatic nitrogens is 4. The smallest absolute Gasteiger partial charge is 0.361 e. The second-order valence-electron chi connectivity index (χ2n) is 9.76. The van der Waals surface area contributed by atoms with E-state index in [2.05, 4.69) is 26.1 Å². The normalized spacial score (nSPS) is 19.2. The molecule has 3 heterocycles. The highest BCUT2D eigenvalue weighted by atomic mass is 19.4. The molecule has 0 radical (unpaired) electrons. The summed E-state index contributed by atoms with van der Waals surface area (Å²) in [6, 6.07) is 11.3. The van der Waals surface area contributed by atoms with Crippen molar-refractivity contribution in [1.82, 2.24) is 29.5 Å². The first-order chi connectivity index (χ1) is 17.8. The number of nitrogens with one attached hydrogen (secondary N) is 1. The molecule has 4 aromatic rings. The molecule has 2 aromatic heterocycles. The first kappa shape index (κ1) is 25.4.